The highest BCUT2D eigenvalue weighted by Gasteiger charge is 2.28. The van der Waals surface area contributed by atoms with E-state index < -0.39 is 5.97 Å². The van der Waals surface area contributed by atoms with Crippen molar-refractivity contribution in [3.63, 3.8) is 0 Å². The van der Waals surface area contributed by atoms with Gasteiger partial charge in [-0.1, -0.05) is 13.0 Å². The van der Waals surface area contributed by atoms with Crippen molar-refractivity contribution >= 4 is 28.5 Å². The highest BCUT2D eigenvalue weighted by Crippen LogP contribution is 2.35. The number of anilines is 1. The Labute approximate surface area is 159 Å². The molecule has 27 heavy (non-hydrogen) atoms. The molecule has 3 rings (SSSR count). The van der Waals surface area contributed by atoms with E-state index in [-0.39, 0.29) is 11.6 Å². The van der Waals surface area contributed by atoms with Crippen LogP contribution in [0.3, 0.4) is 0 Å². The Hall–Kier alpha value is -2.54. The maximum atomic E-state index is 12.8. The zero-order valence-electron chi connectivity index (χ0n) is 16.2. The van der Waals surface area contributed by atoms with Crippen molar-refractivity contribution < 1.29 is 24.0 Å². The highest BCUT2D eigenvalue weighted by atomic mass is 16.5. The Balaban J connectivity index is 1.90. The van der Waals surface area contributed by atoms with Crippen LogP contribution in [0.15, 0.2) is 18.2 Å². The lowest BCUT2D eigenvalue weighted by Gasteiger charge is -2.31. The first-order valence-corrected chi connectivity index (χ1v) is 9.50. The molecule has 1 amide bonds. The van der Waals surface area contributed by atoms with Crippen molar-refractivity contribution in [3.8, 4) is 5.75 Å². The maximum Gasteiger partial charge on any atom is 0.356 e. The third kappa shape index (κ3) is 3.93. The molecule has 0 aliphatic carbocycles. The van der Waals surface area contributed by atoms with Gasteiger partial charge in [0.25, 0.3) is 5.91 Å². The van der Waals surface area contributed by atoms with E-state index in [2.05, 4.69) is 17.2 Å². The van der Waals surface area contributed by atoms with Crippen LogP contribution in [-0.2, 0) is 9.53 Å². The summed E-state index contributed by atoms with van der Waals surface area (Å²) in [6.45, 7) is 3.57. The van der Waals surface area contributed by atoms with Gasteiger partial charge in [-0.05, 0) is 37.8 Å². The van der Waals surface area contributed by atoms with Gasteiger partial charge in [0.15, 0.2) is 6.54 Å². The monoisotopic (exact) mass is 374 g/mol. The number of nitrogens with one attached hydrogen (secondary N) is 3. The van der Waals surface area contributed by atoms with Gasteiger partial charge in [-0.2, -0.15) is 0 Å². The molecule has 3 N–H and O–H groups in total. The van der Waals surface area contributed by atoms with Gasteiger partial charge < -0.3 is 24.7 Å². The normalized spacial score (nSPS) is 19.7. The highest BCUT2D eigenvalue weighted by molar-refractivity contribution is 6.13. The van der Waals surface area contributed by atoms with Crippen molar-refractivity contribution in [2.75, 3.05) is 32.6 Å². The predicted molar refractivity (Wildman–Crippen MR) is 103 cm³/mol. The van der Waals surface area contributed by atoms with Gasteiger partial charge >= 0.3 is 5.97 Å². The summed E-state index contributed by atoms with van der Waals surface area (Å²) in [7, 11) is 2.88. The Morgan fingerprint density at radius 2 is 2.11 bits per heavy atom. The first-order valence-electron chi connectivity index (χ1n) is 9.50. The number of esters is 1. The number of ether oxygens (including phenoxy) is 2. The van der Waals surface area contributed by atoms with Crippen LogP contribution >= 0.6 is 0 Å². The fraction of sp³-hybridized carbons (Fsp3) is 0.500. The Morgan fingerprint density at radius 3 is 2.81 bits per heavy atom. The van der Waals surface area contributed by atoms with Crippen LogP contribution in [-0.4, -0.2) is 50.2 Å². The number of benzene rings is 1. The number of amides is 1. The molecule has 2 atom stereocenters. The Morgan fingerprint density at radius 1 is 1.30 bits per heavy atom. The van der Waals surface area contributed by atoms with Crippen LogP contribution in [0.4, 0.5) is 5.69 Å². The second-order valence-electron chi connectivity index (χ2n) is 6.98. The van der Waals surface area contributed by atoms with Crippen LogP contribution in [0.25, 0.3) is 10.9 Å². The average molecular weight is 374 g/mol. The quantitative estimate of drug-likeness (QED) is 0.673. The van der Waals surface area contributed by atoms with Gasteiger partial charge in [0.2, 0.25) is 0 Å². The van der Waals surface area contributed by atoms with Crippen LogP contribution < -0.4 is 15.0 Å². The molecule has 1 aromatic heterocycles. The van der Waals surface area contributed by atoms with Gasteiger partial charge in [-0.15, -0.1) is 0 Å². The number of aromatic amines is 1. The summed E-state index contributed by atoms with van der Waals surface area (Å²) in [6.07, 6.45) is 4.60. The summed E-state index contributed by atoms with van der Waals surface area (Å²) in [5, 5.41) is 3.62. The smallest absolute Gasteiger partial charge is 0.356 e. The summed E-state index contributed by atoms with van der Waals surface area (Å²) in [5.41, 5.74) is 1.36. The molecule has 2 heterocycles. The largest absolute Gasteiger partial charge is 0.496 e. The van der Waals surface area contributed by atoms with E-state index in [1.807, 2.05) is 12.1 Å². The molecule has 1 aliphatic rings. The van der Waals surface area contributed by atoms with Crippen molar-refractivity contribution in [2.45, 2.75) is 38.6 Å². The summed E-state index contributed by atoms with van der Waals surface area (Å²) >= 11 is 0. The number of likely N-dealkylation sites (tertiary alicyclic amines) is 1. The summed E-state index contributed by atoms with van der Waals surface area (Å²) in [6, 6.07) is 5.98. The number of piperidine rings is 1. The van der Waals surface area contributed by atoms with Crippen LogP contribution in [0, 0.1) is 0 Å². The molecule has 1 saturated heterocycles. The SMILES string of the molecule is CC[C@@H]1CCCC[NH+]1CC(=O)Nc1c(C(=O)OC)[nH]c2cccc(OC)c12. The lowest BCUT2D eigenvalue weighted by Crippen LogP contribution is -3.17. The fourth-order valence-corrected chi connectivity index (χ4v) is 4.03. The van der Waals surface area contributed by atoms with E-state index >= 15 is 0 Å². The lowest BCUT2D eigenvalue weighted by atomic mass is 10.00. The molecule has 7 heteroatoms. The second kappa shape index (κ2) is 8.43. The molecular formula is C20H28N3O4+. The average Bonchev–Trinajstić information content (AvgIpc) is 3.06. The number of rotatable bonds is 6. The molecule has 1 unspecified atom stereocenters. The van der Waals surface area contributed by atoms with Crippen molar-refractivity contribution in [1.82, 2.24) is 4.98 Å². The number of carbonyl (C=O) groups is 2. The van der Waals surface area contributed by atoms with Gasteiger partial charge in [0.1, 0.15) is 11.4 Å². The molecule has 146 valence electrons. The Kier molecular flexibility index (Phi) is 6.01. The minimum atomic E-state index is -0.527. The van der Waals surface area contributed by atoms with E-state index in [9.17, 15) is 9.59 Å². The molecule has 0 saturated carbocycles. The topological polar surface area (TPSA) is 84.9 Å². The molecule has 0 spiro atoms. The molecular weight excluding hydrogens is 346 g/mol. The van der Waals surface area contributed by atoms with Gasteiger partial charge in [0.05, 0.1) is 43.4 Å². The predicted octanol–water partition coefficient (Wildman–Crippen LogP) is 1.75. The molecule has 0 radical (unpaired) electrons. The Bertz CT molecular complexity index is 830. The zero-order valence-corrected chi connectivity index (χ0v) is 16.2. The lowest BCUT2D eigenvalue weighted by molar-refractivity contribution is -0.923. The van der Waals surface area contributed by atoms with E-state index in [0.29, 0.717) is 34.9 Å². The molecule has 1 aromatic carbocycles. The number of aromatic nitrogens is 1. The number of fused-ring (bicyclic) bond motifs is 1. The standard InChI is InChI=1S/C20H27N3O4/c1-4-13-8-5-6-11-23(13)12-16(24)22-18-17-14(9-7-10-15(17)26-2)21-19(18)20(25)27-3/h7,9-10,13,21H,4-6,8,11-12H2,1-3H3,(H,22,24)/p+1/t13-/m1/s1. The molecule has 7 nitrogen and oxygen atoms in total. The fourth-order valence-electron chi connectivity index (χ4n) is 4.03. The van der Waals surface area contributed by atoms with E-state index in [0.717, 1.165) is 25.8 Å². The molecule has 2 aromatic rings. The number of methoxy groups -OCH3 is 2. The zero-order chi connectivity index (χ0) is 19.4. The van der Waals surface area contributed by atoms with Crippen LogP contribution in [0.5, 0.6) is 5.75 Å². The second-order valence-corrected chi connectivity index (χ2v) is 6.98. The van der Waals surface area contributed by atoms with Crippen LogP contribution in [0.1, 0.15) is 43.1 Å². The number of hydrogen-bond donors (Lipinski definition) is 3. The van der Waals surface area contributed by atoms with Gasteiger partial charge in [-0.25, -0.2) is 4.79 Å². The number of carbonyl (C=O) groups excluding carboxylic acids is 2. The first kappa shape index (κ1) is 19.2. The third-order valence-corrected chi connectivity index (χ3v) is 5.42. The van der Waals surface area contributed by atoms with Gasteiger partial charge in [-0.3, -0.25) is 4.79 Å². The van der Waals surface area contributed by atoms with E-state index in [4.69, 9.17) is 9.47 Å². The van der Waals surface area contributed by atoms with Crippen molar-refractivity contribution in [1.29, 1.82) is 0 Å². The van der Waals surface area contributed by atoms with Gasteiger partial charge in [0, 0.05) is 0 Å². The molecule has 1 aliphatic heterocycles. The number of quaternary nitrogens is 1. The minimum Gasteiger partial charge on any atom is -0.496 e. The van der Waals surface area contributed by atoms with E-state index in [1.54, 1.807) is 13.2 Å². The van der Waals surface area contributed by atoms with Crippen molar-refractivity contribution in [2.24, 2.45) is 0 Å². The number of hydrogen-bond acceptors (Lipinski definition) is 4. The van der Waals surface area contributed by atoms with Crippen LogP contribution in [0.2, 0.25) is 0 Å². The maximum absolute atomic E-state index is 12.8. The summed E-state index contributed by atoms with van der Waals surface area (Å²) in [4.78, 5) is 29.4. The molecule has 0 bridgehead atoms. The summed E-state index contributed by atoms with van der Waals surface area (Å²) in [5.74, 6) is -0.0476. The molecule has 1 fully saturated rings. The van der Waals surface area contributed by atoms with E-state index in [1.165, 1.54) is 18.4 Å². The third-order valence-electron chi connectivity index (χ3n) is 5.42. The van der Waals surface area contributed by atoms with Crippen molar-refractivity contribution in [3.05, 3.63) is 23.9 Å². The number of H-pyrrole nitrogens is 1. The summed E-state index contributed by atoms with van der Waals surface area (Å²) < 4.78 is 10.3. The first-order chi connectivity index (χ1) is 13.1. The minimum absolute atomic E-state index is 0.109.